The molecule has 1 aromatic carbocycles. The minimum absolute atomic E-state index is 0.0617. The van der Waals surface area contributed by atoms with Crippen LogP contribution in [0.4, 0.5) is 0 Å². The topological polar surface area (TPSA) is 58.0 Å². The van der Waals surface area contributed by atoms with Crippen molar-refractivity contribution in [2.24, 2.45) is 0 Å². The molecule has 0 aliphatic heterocycles. The van der Waals surface area contributed by atoms with Crippen molar-refractivity contribution in [3.63, 3.8) is 0 Å². The normalized spacial score (nSPS) is 10.6. The van der Waals surface area contributed by atoms with Crippen LogP contribution in [0.25, 0.3) is 5.69 Å². The lowest BCUT2D eigenvalue weighted by Gasteiger charge is -2.12. The number of rotatable bonds is 4. The Morgan fingerprint density at radius 3 is 2.63 bits per heavy atom. The van der Waals surface area contributed by atoms with Gasteiger partial charge in [0.1, 0.15) is 0 Å². The van der Waals surface area contributed by atoms with Crippen LogP contribution in [0.1, 0.15) is 25.3 Å². The lowest BCUT2D eigenvalue weighted by molar-refractivity contribution is 0.424. The molecule has 4 nitrogen and oxygen atoms in total. The van der Waals surface area contributed by atoms with Crippen molar-refractivity contribution < 1.29 is 5.11 Å². The van der Waals surface area contributed by atoms with Gasteiger partial charge in [-0.15, -0.1) is 0 Å². The molecule has 0 aliphatic carbocycles. The summed E-state index contributed by atoms with van der Waals surface area (Å²) in [6.07, 6.45) is 2.35. The molecule has 0 saturated heterocycles. The van der Waals surface area contributed by atoms with Gasteiger partial charge in [-0.1, -0.05) is 31.5 Å². The molecule has 0 spiro atoms. The second-order valence-corrected chi connectivity index (χ2v) is 4.72. The fourth-order valence-electron chi connectivity index (χ4n) is 1.96. The molecule has 0 saturated carbocycles. The number of aromatic nitrogens is 2. The molecule has 0 aliphatic rings. The summed E-state index contributed by atoms with van der Waals surface area (Å²) in [6.45, 7) is 2.04. The number of unbranched alkanes of at least 4 members (excludes halogenated alkanes) is 1. The maximum Gasteiger partial charge on any atom is 0.258 e. The van der Waals surface area contributed by atoms with E-state index >= 15 is 0 Å². The highest BCUT2D eigenvalue weighted by Crippen LogP contribution is 2.20. The second-order valence-electron chi connectivity index (χ2n) is 4.34. The van der Waals surface area contributed by atoms with Gasteiger partial charge in [-0.2, -0.15) is 0 Å². The Balaban J connectivity index is 2.62. The van der Waals surface area contributed by atoms with Crippen LogP contribution in [-0.4, -0.2) is 14.7 Å². The van der Waals surface area contributed by atoms with E-state index in [4.69, 9.17) is 12.2 Å². The van der Waals surface area contributed by atoms with Crippen LogP contribution in [0, 0.1) is 4.77 Å². The number of H-pyrrole nitrogens is 1. The van der Waals surface area contributed by atoms with E-state index in [2.05, 4.69) is 4.98 Å². The van der Waals surface area contributed by atoms with Crippen molar-refractivity contribution in [1.29, 1.82) is 0 Å². The molecular formula is C14H16N2O2S. The first-order valence-electron chi connectivity index (χ1n) is 6.27. The van der Waals surface area contributed by atoms with Crippen molar-refractivity contribution >= 4 is 12.2 Å². The third-order valence-electron chi connectivity index (χ3n) is 2.97. The molecule has 0 unspecified atom stereocenters. The van der Waals surface area contributed by atoms with Gasteiger partial charge in [0.15, 0.2) is 4.77 Å². The zero-order valence-corrected chi connectivity index (χ0v) is 11.5. The monoisotopic (exact) mass is 276 g/mol. The van der Waals surface area contributed by atoms with Crippen LogP contribution < -0.4 is 5.56 Å². The number of aromatic amines is 1. The smallest absolute Gasteiger partial charge is 0.258 e. The van der Waals surface area contributed by atoms with Crippen molar-refractivity contribution in [3.8, 4) is 11.6 Å². The minimum Gasteiger partial charge on any atom is -0.494 e. The number of aromatic hydroxyl groups is 1. The van der Waals surface area contributed by atoms with E-state index in [1.54, 1.807) is 0 Å². The first kappa shape index (κ1) is 13.5. The van der Waals surface area contributed by atoms with Gasteiger partial charge in [-0.3, -0.25) is 14.3 Å². The number of hydrogen-bond donors (Lipinski definition) is 2. The highest BCUT2D eigenvalue weighted by Gasteiger charge is 2.13. The number of nitrogens with zero attached hydrogens (tertiary/aromatic N) is 1. The van der Waals surface area contributed by atoms with Gasteiger partial charge in [-0.05, 0) is 37.2 Å². The Bertz CT molecular complexity index is 674. The molecule has 1 aromatic heterocycles. The molecule has 19 heavy (non-hydrogen) atoms. The van der Waals surface area contributed by atoms with Crippen molar-refractivity contribution in [2.45, 2.75) is 26.2 Å². The zero-order valence-electron chi connectivity index (χ0n) is 10.7. The Kier molecular flexibility index (Phi) is 4.16. The Morgan fingerprint density at radius 1 is 1.32 bits per heavy atom. The van der Waals surface area contributed by atoms with E-state index in [-0.39, 0.29) is 16.2 Å². The highest BCUT2D eigenvalue weighted by molar-refractivity contribution is 7.71. The molecule has 0 atom stereocenters. The first-order chi connectivity index (χ1) is 9.15. The summed E-state index contributed by atoms with van der Waals surface area (Å²) >= 11 is 5.13. The SMILES string of the molecule is CCCCc1c(O)n(-c2ccccc2)c(=S)[nH]c1=O. The van der Waals surface area contributed by atoms with Gasteiger partial charge in [0.25, 0.3) is 5.56 Å². The lowest BCUT2D eigenvalue weighted by atomic mass is 10.1. The Hall–Kier alpha value is -1.88. The van der Waals surface area contributed by atoms with E-state index in [0.717, 1.165) is 18.5 Å². The molecular weight excluding hydrogens is 260 g/mol. The fraction of sp³-hybridized carbons (Fsp3) is 0.286. The van der Waals surface area contributed by atoms with Crippen LogP contribution in [-0.2, 0) is 6.42 Å². The maximum atomic E-state index is 11.9. The molecule has 0 fully saturated rings. The summed E-state index contributed by atoms with van der Waals surface area (Å²) < 4.78 is 1.69. The predicted octanol–water partition coefficient (Wildman–Crippen LogP) is 2.94. The number of para-hydroxylation sites is 1. The molecule has 1 heterocycles. The minimum atomic E-state index is -0.303. The molecule has 5 heteroatoms. The van der Waals surface area contributed by atoms with Crippen LogP contribution in [0.3, 0.4) is 0 Å². The van der Waals surface area contributed by atoms with E-state index in [1.165, 1.54) is 4.57 Å². The summed E-state index contributed by atoms with van der Waals surface area (Å²) in [6, 6.07) is 9.25. The quantitative estimate of drug-likeness (QED) is 0.844. The number of benzene rings is 1. The van der Waals surface area contributed by atoms with E-state index in [0.29, 0.717) is 12.0 Å². The standard InChI is InChI=1S/C14H16N2O2S/c1-2-3-9-11-12(17)15-14(19)16(13(11)18)10-7-5-4-6-8-10/h4-8,18H,2-3,9H2,1H3,(H,15,17,19). The molecule has 2 N–H and O–H groups in total. The van der Waals surface area contributed by atoms with Crippen LogP contribution in [0.15, 0.2) is 35.1 Å². The van der Waals surface area contributed by atoms with Gasteiger partial charge in [-0.25, -0.2) is 0 Å². The van der Waals surface area contributed by atoms with E-state index in [9.17, 15) is 9.90 Å². The average molecular weight is 276 g/mol. The fourth-order valence-corrected chi connectivity index (χ4v) is 2.24. The third-order valence-corrected chi connectivity index (χ3v) is 3.26. The van der Waals surface area contributed by atoms with Crippen molar-refractivity contribution in [1.82, 2.24) is 9.55 Å². The predicted molar refractivity (Wildman–Crippen MR) is 77.5 cm³/mol. The van der Waals surface area contributed by atoms with Gasteiger partial charge in [0.2, 0.25) is 5.88 Å². The molecule has 0 radical (unpaired) electrons. The second kappa shape index (κ2) is 5.84. The van der Waals surface area contributed by atoms with Crippen molar-refractivity contribution in [3.05, 3.63) is 51.0 Å². The third kappa shape index (κ3) is 2.76. The summed E-state index contributed by atoms with van der Waals surface area (Å²) in [5.74, 6) is -0.0617. The lowest BCUT2D eigenvalue weighted by Crippen LogP contribution is -2.18. The summed E-state index contributed by atoms with van der Waals surface area (Å²) in [5, 5.41) is 10.3. The molecule has 0 amide bonds. The zero-order chi connectivity index (χ0) is 13.8. The number of nitrogens with one attached hydrogen (secondary N) is 1. The van der Waals surface area contributed by atoms with E-state index in [1.807, 2.05) is 37.3 Å². The van der Waals surface area contributed by atoms with Gasteiger partial charge in [0.05, 0.1) is 11.3 Å². The summed E-state index contributed by atoms with van der Waals surface area (Å²) in [4.78, 5) is 14.5. The maximum absolute atomic E-state index is 11.9. The van der Waals surface area contributed by atoms with Crippen LogP contribution in [0.5, 0.6) is 5.88 Å². The first-order valence-corrected chi connectivity index (χ1v) is 6.68. The molecule has 2 rings (SSSR count). The van der Waals surface area contributed by atoms with Gasteiger partial charge >= 0.3 is 0 Å². The van der Waals surface area contributed by atoms with Gasteiger partial charge in [0, 0.05) is 0 Å². The highest BCUT2D eigenvalue weighted by atomic mass is 32.1. The van der Waals surface area contributed by atoms with E-state index < -0.39 is 0 Å². The average Bonchev–Trinajstić information content (AvgIpc) is 2.39. The Labute approximate surface area is 116 Å². The Morgan fingerprint density at radius 2 is 2.00 bits per heavy atom. The molecule has 100 valence electrons. The van der Waals surface area contributed by atoms with Crippen LogP contribution in [0.2, 0.25) is 0 Å². The van der Waals surface area contributed by atoms with Gasteiger partial charge < -0.3 is 5.11 Å². The number of hydrogen-bond acceptors (Lipinski definition) is 3. The summed E-state index contributed by atoms with van der Waals surface area (Å²) in [7, 11) is 0. The molecule has 2 aromatic rings. The summed E-state index contributed by atoms with van der Waals surface area (Å²) in [5.41, 5.74) is 0.821. The van der Waals surface area contributed by atoms with Crippen LogP contribution >= 0.6 is 12.2 Å². The molecule has 0 bridgehead atoms. The largest absolute Gasteiger partial charge is 0.494 e. The van der Waals surface area contributed by atoms with Crippen molar-refractivity contribution in [2.75, 3.05) is 0 Å².